The molecule has 0 aliphatic heterocycles. The van der Waals surface area contributed by atoms with E-state index in [0.717, 1.165) is 39.0 Å². The fourth-order valence-corrected chi connectivity index (χ4v) is 4.24. The molecule has 9 heteroatoms. The van der Waals surface area contributed by atoms with Crippen molar-refractivity contribution in [2.75, 3.05) is 6.54 Å². The molecule has 0 saturated heterocycles. The van der Waals surface area contributed by atoms with Crippen molar-refractivity contribution in [3.05, 3.63) is 94.4 Å². The van der Waals surface area contributed by atoms with E-state index in [1.165, 1.54) is 0 Å². The number of pyridine rings is 1. The first kappa shape index (κ1) is 20.4. The number of fused-ring (bicyclic) bond motifs is 2. The Morgan fingerprint density at radius 1 is 1.09 bits per heavy atom. The standard InChI is InChI=1S/C23H21N5O3S/c29-23-21-11-17(20-13-25-22-19(20)2-1-8-24-22)14-28(21)18(12-26-23)10-16-5-3-15(4-6-16)7-9-27-32(30)31/h1-6,8,11-14,27H,7,9-10H2,(H,24,25)(H,26,29)(H,30,31). The summed E-state index contributed by atoms with van der Waals surface area (Å²) in [6.07, 6.45) is 8.72. The van der Waals surface area contributed by atoms with Crippen LogP contribution in [0, 0.1) is 0 Å². The van der Waals surface area contributed by atoms with Gasteiger partial charge in [-0.1, -0.05) is 24.3 Å². The maximum Gasteiger partial charge on any atom is 0.272 e. The normalized spacial score (nSPS) is 12.5. The fourth-order valence-electron chi connectivity index (χ4n) is 3.96. The maximum atomic E-state index is 12.5. The summed E-state index contributed by atoms with van der Waals surface area (Å²) in [5, 5.41) is 1.01. The molecule has 0 bridgehead atoms. The van der Waals surface area contributed by atoms with Gasteiger partial charge in [-0.05, 0) is 35.7 Å². The van der Waals surface area contributed by atoms with E-state index < -0.39 is 11.3 Å². The van der Waals surface area contributed by atoms with Crippen molar-refractivity contribution in [3.8, 4) is 11.1 Å². The molecule has 4 heterocycles. The van der Waals surface area contributed by atoms with Crippen molar-refractivity contribution in [1.82, 2.24) is 24.1 Å². The van der Waals surface area contributed by atoms with Gasteiger partial charge in [-0.3, -0.25) is 9.35 Å². The summed E-state index contributed by atoms with van der Waals surface area (Å²) >= 11 is -1.99. The molecule has 4 aromatic heterocycles. The highest BCUT2D eigenvalue weighted by Crippen LogP contribution is 2.29. The lowest BCUT2D eigenvalue weighted by molar-refractivity contribution is 0.549. The smallest absolute Gasteiger partial charge is 0.272 e. The second kappa shape index (κ2) is 8.54. The molecule has 1 unspecified atom stereocenters. The number of hydrogen-bond donors (Lipinski definition) is 4. The lowest BCUT2D eigenvalue weighted by atomic mass is 10.1. The molecule has 32 heavy (non-hydrogen) atoms. The van der Waals surface area contributed by atoms with Crippen LogP contribution in [-0.4, -0.2) is 34.7 Å². The van der Waals surface area contributed by atoms with Crippen molar-refractivity contribution in [3.63, 3.8) is 0 Å². The van der Waals surface area contributed by atoms with Gasteiger partial charge in [-0.25, -0.2) is 13.9 Å². The molecule has 0 spiro atoms. The van der Waals surface area contributed by atoms with E-state index in [9.17, 15) is 9.00 Å². The highest BCUT2D eigenvalue weighted by atomic mass is 32.2. The molecule has 5 aromatic rings. The third-order valence-corrected chi connectivity index (χ3v) is 5.99. The Bertz CT molecular complexity index is 1480. The van der Waals surface area contributed by atoms with Crippen molar-refractivity contribution < 1.29 is 8.76 Å². The first-order chi connectivity index (χ1) is 15.6. The fraction of sp³-hybridized carbons (Fsp3) is 0.130. The van der Waals surface area contributed by atoms with Gasteiger partial charge in [0.15, 0.2) is 0 Å². The lowest BCUT2D eigenvalue weighted by Crippen LogP contribution is -2.19. The van der Waals surface area contributed by atoms with Crippen LogP contribution >= 0.6 is 0 Å². The molecule has 0 aliphatic rings. The van der Waals surface area contributed by atoms with Crippen LogP contribution in [0.25, 0.3) is 27.7 Å². The van der Waals surface area contributed by atoms with Crippen LogP contribution in [0.2, 0.25) is 0 Å². The van der Waals surface area contributed by atoms with E-state index in [1.807, 2.05) is 59.3 Å². The predicted octanol–water partition coefficient (Wildman–Crippen LogP) is 3.03. The molecular formula is C23H21N5O3S. The number of nitrogens with zero attached hydrogens (tertiary/aromatic N) is 2. The number of H-pyrrole nitrogens is 2. The van der Waals surface area contributed by atoms with Crippen LogP contribution in [-0.2, 0) is 24.1 Å². The molecule has 162 valence electrons. The molecule has 5 rings (SSSR count). The van der Waals surface area contributed by atoms with Crippen molar-refractivity contribution in [2.24, 2.45) is 0 Å². The van der Waals surface area contributed by atoms with Crippen LogP contribution in [0.15, 0.2) is 72.0 Å². The Hall–Kier alpha value is -3.53. The van der Waals surface area contributed by atoms with Gasteiger partial charge in [0.1, 0.15) is 11.2 Å². The minimum absolute atomic E-state index is 0.137. The molecule has 0 fully saturated rings. The van der Waals surface area contributed by atoms with E-state index in [2.05, 4.69) is 19.7 Å². The zero-order valence-corrected chi connectivity index (χ0v) is 17.9. The van der Waals surface area contributed by atoms with E-state index in [0.29, 0.717) is 24.9 Å². The second-order valence-corrected chi connectivity index (χ2v) is 8.37. The third-order valence-electron chi connectivity index (χ3n) is 5.54. The van der Waals surface area contributed by atoms with Crippen LogP contribution in [0.3, 0.4) is 0 Å². The monoisotopic (exact) mass is 447 g/mol. The number of benzene rings is 1. The average Bonchev–Trinajstić information content (AvgIpc) is 3.42. The minimum Gasteiger partial charge on any atom is -0.346 e. The summed E-state index contributed by atoms with van der Waals surface area (Å²) < 4.78 is 23.9. The van der Waals surface area contributed by atoms with Gasteiger partial charge in [0.25, 0.3) is 5.56 Å². The Kier molecular flexibility index (Phi) is 5.44. The number of hydrogen-bond acceptors (Lipinski definition) is 3. The van der Waals surface area contributed by atoms with Gasteiger partial charge < -0.3 is 14.4 Å². The molecule has 0 amide bonds. The maximum absolute atomic E-state index is 12.5. The number of rotatable bonds is 7. The van der Waals surface area contributed by atoms with Gasteiger partial charge in [0.2, 0.25) is 11.3 Å². The van der Waals surface area contributed by atoms with E-state index >= 15 is 0 Å². The van der Waals surface area contributed by atoms with E-state index in [4.69, 9.17) is 4.55 Å². The van der Waals surface area contributed by atoms with Gasteiger partial charge in [-0.2, -0.15) is 0 Å². The first-order valence-electron chi connectivity index (χ1n) is 10.2. The molecule has 0 radical (unpaired) electrons. The highest BCUT2D eigenvalue weighted by Gasteiger charge is 2.13. The summed E-state index contributed by atoms with van der Waals surface area (Å²) in [7, 11) is 0. The van der Waals surface area contributed by atoms with Gasteiger partial charge in [0.05, 0.1) is 0 Å². The Labute approximate surface area is 185 Å². The van der Waals surface area contributed by atoms with Crippen LogP contribution in [0.5, 0.6) is 0 Å². The van der Waals surface area contributed by atoms with Crippen molar-refractivity contribution in [1.29, 1.82) is 0 Å². The average molecular weight is 448 g/mol. The molecule has 1 atom stereocenters. The highest BCUT2D eigenvalue weighted by molar-refractivity contribution is 7.77. The van der Waals surface area contributed by atoms with E-state index in [-0.39, 0.29) is 5.56 Å². The minimum atomic E-state index is -1.99. The molecule has 0 saturated carbocycles. The van der Waals surface area contributed by atoms with Crippen LogP contribution in [0.4, 0.5) is 0 Å². The molecule has 0 aliphatic carbocycles. The van der Waals surface area contributed by atoms with Gasteiger partial charge in [0, 0.05) is 60.0 Å². The van der Waals surface area contributed by atoms with E-state index in [1.54, 1.807) is 12.4 Å². The number of nitrogens with one attached hydrogen (secondary N) is 3. The topological polar surface area (TPSA) is 115 Å². The van der Waals surface area contributed by atoms with Crippen molar-refractivity contribution >= 4 is 27.8 Å². The molecule has 8 nitrogen and oxygen atoms in total. The predicted molar refractivity (Wildman–Crippen MR) is 125 cm³/mol. The molecule has 4 N–H and O–H groups in total. The lowest BCUT2D eigenvalue weighted by Gasteiger charge is -2.07. The summed E-state index contributed by atoms with van der Waals surface area (Å²) in [5.74, 6) is 0. The Morgan fingerprint density at radius 2 is 1.91 bits per heavy atom. The van der Waals surface area contributed by atoms with Crippen LogP contribution < -0.4 is 10.3 Å². The number of aromatic amines is 2. The third kappa shape index (κ3) is 4.01. The zero-order chi connectivity index (χ0) is 22.1. The zero-order valence-electron chi connectivity index (χ0n) is 17.0. The summed E-state index contributed by atoms with van der Waals surface area (Å²) in [4.78, 5) is 22.9. The molecular weight excluding hydrogens is 426 g/mol. The second-order valence-electron chi connectivity index (χ2n) is 7.58. The van der Waals surface area contributed by atoms with Gasteiger partial charge in [-0.15, -0.1) is 0 Å². The molecule has 1 aromatic carbocycles. The summed E-state index contributed by atoms with van der Waals surface area (Å²) in [6, 6.07) is 13.9. The van der Waals surface area contributed by atoms with Crippen LogP contribution in [0.1, 0.15) is 16.8 Å². The number of aromatic nitrogens is 4. The Balaban J connectivity index is 1.44. The largest absolute Gasteiger partial charge is 0.346 e. The van der Waals surface area contributed by atoms with Gasteiger partial charge >= 0.3 is 0 Å². The summed E-state index contributed by atoms with van der Waals surface area (Å²) in [6.45, 7) is 0.429. The van der Waals surface area contributed by atoms with Crippen molar-refractivity contribution in [2.45, 2.75) is 12.8 Å². The Morgan fingerprint density at radius 3 is 2.72 bits per heavy atom. The SMILES string of the molecule is O=c1[nH]cc(Cc2ccc(CCNS(=O)O)cc2)n2cc(-c3c[nH]c4ncccc34)cc12. The summed E-state index contributed by atoms with van der Waals surface area (Å²) in [5.41, 5.74) is 6.37. The first-order valence-corrected chi connectivity index (χ1v) is 11.3. The quantitative estimate of drug-likeness (QED) is 0.287.